The van der Waals surface area contributed by atoms with Crippen LogP contribution in [0.3, 0.4) is 0 Å². The van der Waals surface area contributed by atoms with Gasteiger partial charge in [-0.15, -0.1) is 0 Å². The Morgan fingerprint density at radius 2 is 2.06 bits per heavy atom. The van der Waals surface area contributed by atoms with E-state index in [1.165, 1.54) is 37.3 Å². The molecule has 0 fully saturated rings. The summed E-state index contributed by atoms with van der Waals surface area (Å²) in [5, 5.41) is 0. The molecule has 0 unspecified atom stereocenters. The lowest BCUT2D eigenvalue weighted by Crippen LogP contribution is -2.38. The summed E-state index contributed by atoms with van der Waals surface area (Å²) < 4.78 is 28.2. The standard InChI is InChI=1S/C11H11NO5S/c1-12-8-5-7(11(14)17-2)3-4-9(8)18(15,16)6-10(12)13/h3-5H,6H2,1-2H3. The number of nitrogens with zero attached hydrogens (tertiary/aromatic N) is 1. The van der Waals surface area contributed by atoms with Gasteiger partial charge in [-0.05, 0) is 18.2 Å². The van der Waals surface area contributed by atoms with Crippen LogP contribution >= 0.6 is 0 Å². The summed E-state index contributed by atoms with van der Waals surface area (Å²) >= 11 is 0. The van der Waals surface area contributed by atoms with Crippen LogP contribution in [0.25, 0.3) is 0 Å². The largest absolute Gasteiger partial charge is 0.465 e. The van der Waals surface area contributed by atoms with Crippen molar-refractivity contribution in [2.24, 2.45) is 0 Å². The minimum atomic E-state index is -3.62. The van der Waals surface area contributed by atoms with E-state index in [0.29, 0.717) is 0 Å². The lowest BCUT2D eigenvalue weighted by atomic mass is 10.2. The second kappa shape index (κ2) is 4.09. The zero-order chi connectivity index (χ0) is 13.5. The molecule has 1 aromatic rings. The molecule has 0 saturated carbocycles. The van der Waals surface area contributed by atoms with Crippen molar-refractivity contribution in [3.8, 4) is 0 Å². The highest BCUT2D eigenvalue weighted by molar-refractivity contribution is 7.92. The van der Waals surface area contributed by atoms with Gasteiger partial charge >= 0.3 is 5.97 Å². The van der Waals surface area contributed by atoms with Gasteiger partial charge in [0.2, 0.25) is 5.91 Å². The molecule has 0 aliphatic carbocycles. The smallest absolute Gasteiger partial charge is 0.337 e. The average Bonchev–Trinajstić information content (AvgIpc) is 2.34. The molecule has 0 radical (unpaired) electrons. The summed E-state index contributed by atoms with van der Waals surface area (Å²) in [4.78, 5) is 24.2. The molecular weight excluding hydrogens is 258 g/mol. The van der Waals surface area contributed by atoms with Crippen LogP contribution in [-0.2, 0) is 19.4 Å². The number of sulfone groups is 1. The predicted molar refractivity (Wildman–Crippen MR) is 63.2 cm³/mol. The van der Waals surface area contributed by atoms with E-state index >= 15 is 0 Å². The Kier molecular flexibility index (Phi) is 2.86. The van der Waals surface area contributed by atoms with E-state index in [2.05, 4.69) is 4.74 Å². The Balaban J connectivity index is 2.65. The molecule has 6 nitrogen and oxygen atoms in total. The maximum atomic E-state index is 11.8. The van der Waals surface area contributed by atoms with Gasteiger partial charge in [-0.3, -0.25) is 4.79 Å². The first-order valence-electron chi connectivity index (χ1n) is 5.08. The Hall–Kier alpha value is -1.89. The molecular formula is C11H11NO5S. The first-order chi connectivity index (χ1) is 8.36. The fourth-order valence-electron chi connectivity index (χ4n) is 1.76. The van der Waals surface area contributed by atoms with Crippen molar-refractivity contribution < 1.29 is 22.7 Å². The molecule has 0 aromatic heterocycles. The highest BCUT2D eigenvalue weighted by Gasteiger charge is 2.33. The van der Waals surface area contributed by atoms with Gasteiger partial charge in [-0.1, -0.05) is 0 Å². The van der Waals surface area contributed by atoms with Gasteiger partial charge < -0.3 is 9.64 Å². The number of fused-ring (bicyclic) bond motifs is 1. The summed E-state index contributed by atoms with van der Waals surface area (Å²) in [5.74, 6) is -1.65. The molecule has 18 heavy (non-hydrogen) atoms. The van der Waals surface area contributed by atoms with Gasteiger partial charge in [0.1, 0.15) is 5.75 Å². The van der Waals surface area contributed by atoms with Gasteiger partial charge in [0.05, 0.1) is 23.3 Å². The Labute approximate surface area is 104 Å². The fraction of sp³-hybridized carbons (Fsp3) is 0.273. The van der Waals surface area contributed by atoms with E-state index in [9.17, 15) is 18.0 Å². The summed E-state index contributed by atoms with van der Waals surface area (Å²) in [7, 11) is -0.918. The van der Waals surface area contributed by atoms with Crippen molar-refractivity contribution in [1.29, 1.82) is 0 Å². The lowest BCUT2D eigenvalue weighted by Gasteiger charge is -2.25. The number of benzene rings is 1. The second-order valence-electron chi connectivity index (χ2n) is 3.89. The number of hydrogen-bond donors (Lipinski definition) is 0. The number of rotatable bonds is 1. The van der Waals surface area contributed by atoms with E-state index in [0.717, 1.165) is 0 Å². The lowest BCUT2D eigenvalue weighted by molar-refractivity contribution is -0.116. The number of anilines is 1. The number of carbonyl (C=O) groups is 2. The van der Waals surface area contributed by atoms with Crippen LogP contribution in [0.5, 0.6) is 0 Å². The highest BCUT2D eigenvalue weighted by Crippen LogP contribution is 2.31. The van der Waals surface area contributed by atoms with Crippen LogP contribution < -0.4 is 4.90 Å². The molecule has 1 amide bonds. The van der Waals surface area contributed by atoms with Crippen molar-refractivity contribution in [1.82, 2.24) is 0 Å². The van der Waals surface area contributed by atoms with Gasteiger partial charge in [0.15, 0.2) is 9.84 Å². The normalized spacial score (nSPS) is 17.2. The molecule has 2 rings (SSSR count). The van der Waals surface area contributed by atoms with Crippen LogP contribution in [0.15, 0.2) is 23.1 Å². The maximum Gasteiger partial charge on any atom is 0.337 e. The summed E-state index contributed by atoms with van der Waals surface area (Å²) in [6, 6.07) is 4.03. The third-order valence-electron chi connectivity index (χ3n) is 2.76. The number of carbonyl (C=O) groups excluding carboxylic acids is 2. The van der Waals surface area contributed by atoms with Crippen LogP contribution in [0.4, 0.5) is 5.69 Å². The van der Waals surface area contributed by atoms with Crippen LogP contribution in [0, 0.1) is 0 Å². The molecule has 0 saturated heterocycles. The average molecular weight is 269 g/mol. The molecule has 1 aliphatic heterocycles. The molecule has 1 heterocycles. The van der Waals surface area contributed by atoms with Crippen molar-refractivity contribution >= 4 is 27.4 Å². The van der Waals surface area contributed by atoms with E-state index in [1.807, 2.05) is 0 Å². The second-order valence-corrected chi connectivity index (χ2v) is 5.84. The van der Waals surface area contributed by atoms with E-state index in [1.54, 1.807) is 0 Å². The van der Waals surface area contributed by atoms with Crippen LogP contribution in [-0.4, -0.2) is 40.2 Å². The number of methoxy groups -OCH3 is 1. The van der Waals surface area contributed by atoms with Gasteiger partial charge in [0, 0.05) is 7.05 Å². The van der Waals surface area contributed by atoms with Crippen molar-refractivity contribution in [2.45, 2.75) is 4.90 Å². The van der Waals surface area contributed by atoms with Gasteiger partial charge in [0.25, 0.3) is 0 Å². The Morgan fingerprint density at radius 1 is 1.39 bits per heavy atom. The molecule has 96 valence electrons. The van der Waals surface area contributed by atoms with Crippen molar-refractivity contribution in [3.63, 3.8) is 0 Å². The maximum absolute atomic E-state index is 11.8. The molecule has 1 aliphatic rings. The van der Waals surface area contributed by atoms with Crippen LogP contribution in [0.1, 0.15) is 10.4 Å². The quantitative estimate of drug-likeness (QED) is 0.681. The highest BCUT2D eigenvalue weighted by atomic mass is 32.2. The number of esters is 1. The summed E-state index contributed by atoms with van der Waals surface area (Å²) in [6.07, 6.45) is 0. The Bertz CT molecular complexity index is 635. The molecule has 7 heteroatoms. The fourth-order valence-corrected chi connectivity index (χ4v) is 3.22. The Morgan fingerprint density at radius 3 is 2.67 bits per heavy atom. The minimum Gasteiger partial charge on any atom is -0.465 e. The summed E-state index contributed by atoms with van der Waals surface area (Å²) in [5.41, 5.74) is 0.405. The van der Waals surface area contributed by atoms with Crippen molar-refractivity contribution in [2.75, 3.05) is 24.8 Å². The molecule has 0 N–H and O–H groups in total. The van der Waals surface area contributed by atoms with Crippen molar-refractivity contribution in [3.05, 3.63) is 23.8 Å². The number of amides is 1. The number of ether oxygens (including phenoxy) is 1. The zero-order valence-electron chi connectivity index (χ0n) is 9.84. The van der Waals surface area contributed by atoms with E-state index in [4.69, 9.17) is 0 Å². The molecule has 0 bridgehead atoms. The third-order valence-corrected chi connectivity index (χ3v) is 4.41. The first-order valence-corrected chi connectivity index (χ1v) is 6.74. The van der Waals surface area contributed by atoms with Crippen LogP contribution in [0.2, 0.25) is 0 Å². The number of hydrogen-bond acceptors (Lipinski definition) is 5. The zero-order valence-corrected chi connectivity index (χ0v) is 10.7. The molecule has 0 atom stereocenters. The SMILES string of the molecule is COC(=O)c1ccc2c(c1)N(C)C(=O)CS2(=O)=O. The van der Waals surface area contributed by atoms with E-state index in [-0.39, 0.29) is 16.1 Å². The first kappa shape index (κ1) is 12.6. The minimum absolute atomic E-state index is 0.0530. The predicted octanol–water partition coefficient (Wildman–Crippen LogP) is 0.223. The van der Waals surface area contributed by atoms with Gasteiger partial charge in [-0.2, -0.15) is 0 Å². The van der Waals surface area contributed by atoms with E-state index < -0.39 is 27.5 Å². The topological polar surface area (TPSA) is 80.8 Å². The summed E-state index contributed by atoms with van der Waals surface area (Å²) in [6.45, 7) is 0. The van der Waals surface area contributed by atoms with Gasteiger partial charge in [-0.25, -0.2) is 13.2 Å². The molecule has 1 aromatic carbocycles. The molecule has 0 spiro atoms. The monoisotopic (exact) mass is 269 g/mol. The third kappa shape index (κ3) is 1.86.